The molecule has 0 aliphatic heterocycles. The van der Waals surface area contributed by atoms with Crippen molar-refractivity contribution in [3.63, 3.8) is 0 Å². The van der Waals surface area contributed by atoms with Gasteiger partial charge in [-0.3, -0.25) is 4.79 Å². The Kier molecular flexibility index (Phi) is 7.55. The highest BCUT2D eigenvalue weighted by Crippen LogP contribution is 2.30. The lowest BCUT2D eigenvalue weighted by molar-refractivity contribution is -0.142. The number of halogens is 3. The third-order valence-corrected chi connectivity index (χ3v) is 4.16. The summed E-state index contributed by atoms with van der Waals surface area (Å²) >= 11 is 0. The molecule has 23 heavy (non-hydrogen) atoms. The number of alkyl halides is 3. The first-order valence-electron chi connectivity index (χ1n) is 7.86. The summed E-state index contributed by atoms with van der Waals surface area (Å²) in [5.41, 5.74) is 5.49. The topological polar surface area (TPSA) is 63.3 Å². The van der Waals surface area contributed by atoms with E-state index >= 15 is 0 Å². The van der Waals surface area contributed by atoms with E-state index in [-0.39, 0.29) is 12.5 Å². The molecule has 1 aromatic rings. The van der Waals surface area contributed by atoms with Gasteiger partial charge in [0, 0.05) is 6.54 Å². The SMILES string of the molecule is CCC(CCCc1cccc(C(F)(F)F)c1)CC(CN)C(=O)O. The summed E-state index contributed by atoms with van der Waals surface area (Å²) in [7, 11) is 0. The van der Waals surface area contributed by atoms with Crippen molar-refractivity contribution in [2.45, 2.75) is 45.2 Å². The molecule has 0 aromatic heterocycles. The lowest BCUT2D eigenvalue weighted by atomic mass is 9.88. The first-order valence-corrected chi connectivity index (χ1v) is 7.86. The van der Waals surface area contributed by atoms with Gasteiger partial charge in [-0.05, 0) is 36.8 Å². The Morgan fingerprint density at radius 1 is 1.35 bits per heavy atom. The zero-order valence-corrected chi connectivity index (χ0v) is 13.3. The Bertz CT molecular complexity index is 503. The summed E-state index contributed by atoms with van der Waals surface area (Å²) in [5, 5.41) is 9.04. The Balaban J connectivity index is 2.53. The highest BCUT2D eigenvalue weighted by atomic mass is 19.4. The predicted molar refractivity (Wildman–Crippen MR) is 83.0 cm³/mol. The minimum absolute atomic E-state index is 0.111. The number of carbonyl (C=O) groups is 1. The Labute approximate surface area is 134 Å². The largest absolute Gasteiger partial charge is 0.481 e. The molecule has 0 saturated carbocycles. The summed E-state index contributed by atoms with van der Waals surface area (Å²) in [5.74, 6) is -1.21. The minimum Gasteiger partial charge on any atom is -0.481 e. The molecule has 2 unspecified atom stereocenters. The van der Waals surface area contributed by atoms with Crippen molar-refractivity contribution >= 4 is 5.97 Å². The summed E-state index contributed by atoms with van der Waals surface area (Å²) in [6.07, 6.45) is -0.886. The molecule has 0 fully saturated rings. The maximum atomic E-state index is 12.7. The van der Waals surface area contributed by atoms with E-state index in [1.165, 1.54) is 12.1 Å². The molecule has 0 radical (unpaired) electrons. The molecule has 3 nitrogen and oxygen atoms in total. The standard InChI is InChI=1S/C17H24F3NO2/c1-2-12(9-14(11-21)16(22)23)5-3-6-13-7-4-8-15(10-13)17(18,19)20/h4,7-8,10,12,14H,2-3,5-6,9,11,21H2,1H3,(H,22,23). The third kappa shape index (κ3) is 6.60. The van der Waals surface area contributed by atoms with Gasteiger partial charge in [0.1, 0.15) is 0 Å². The van der Waals surface area contributed by atoms with Crippen LogP contribution < -0.4 is 5.73 Å². The van der Waals surface area contributed by atoms with Crippen LogP contribution in [0.1, 0.15) is 43.7 Å². The van der Waals surface area contributed by atoms with Gasteiger partial charge in [-0.15, -0.1) is 0 Å². The van der Waals surface area contributed by atoms with Crippen molar-refractivity contribution in [3.05, 3.63) is 35.4 Å². The molecule has 0 aliphatic rings. The lowest BCUT2D eigenvalue weighted by Gasteiger charge is -2.18. The van der Waals surface area contributed by atoms with E-state index in [0.717, 1.165) is 25.3 Å². The Hall–Kier alpha value is -1.56. The second-order valence-electron chi connectivity index (χ2n) is 5.87. The maximum absolute atomic E-state index is 12.7. The molecule has 0 bridgehead atoms. The second-order valence-corrected chi connectivity index (χ2v) is 5.87. The van der Waals surface area contributed by atoms with Crippen LogP contribution in [0.2, 0.25) is 0 Å². The number of aliphatic carboxylic acids is 1. The smallest absolute Gasteiger partial charge is 0.416 e. The van der Waals surface area contributed by atoms with Crippen molar-refractivity contribution < 1.29 is 23.1 Å². The molecular formula is C17H24F3NO2. The van der Waals surface area contributed by atoms with Gasteiger partial charge in [0.25, 0.3) is 0 Å². The van der Waals surface area contributed by atoms with E-state index in [4.69, 9.17) is 10.8 Å². The van der Waals surface area contributed by atoms with E-state index in [2.05, 4.69) is 0 Å². The van der Waals surface area contributed by atoms with Gasteiger partial charge in [-0.25, -0.2) is 0 Å². The molecule has 2 atom stereocenters. The highest BCUT2D eigenvalue weighted by Gasteiger charge is 2.30. The molecule has 6 heteroatoms. The van der Waals surface area contributed by atoms with E-state index in [9.17, 15) is 18.0 Å². The molecule has 3 N–H and O–H groups in total. The summed E-state index contributed by atoms with van der Waals surface area (Å²) in [6, 6.07) is 5.36. The monoisotopic (exact) mass is 331 g/mol. The van der Waals surface area contributed by atoms with Crippen LogP contribution in [-0.2, 0) is 17.4 Å². The molecule has 1 rings (SSSR count). The fourth-order valence-electron chi connectivity index (χ4n) is 2.69. The molecular weight excluding hydrogens is 307 g/mol. The first kappa shape index (κ1) is 19.5. The van der Waals surface area contributed by atoms with E-state index < -0.39 is 23.6 Å². The normalized spacial score (nSPS) is 14.5. The molecule has 0 amide bonds. The van der Waals surface area contributed by atoms with Crippen LogP contribution >= 0.6 is 0 Å². The molecule has 0 saturated heterocycles. The fraction of sp³-hybridized carbons (Fsp3) is 0.588. The molecule has 1 aromatic carbocycles. The van der Waals surface area contributed by atoms with Gasteiger partial charge < -0.3 is 10.8 Å². The van der Waals surface area contributed by atoms with E-state index in [1.807, 2.05) is 6.92 Å². The van der Waals surface area contributed by atoms with Crippen LogP contribution in [0.4, 0.5) is 13.2 Å². The first-order chi connectivity index (χ1) is 10.8. The van der Waals surface area contributed by atoms with Gasteiger partial charge >= 0.3 is 12.1 Å². The minimum atomic E-state index is -4.32. The number of carboxylic acid groups (broad SMARTS) is 1. The number of aryl methyl sites for hydroxylation is 1. The van der Waals surface area contributed by atoms with Crippen LogP contribution in [0.5, 0.6) is 0 Å². The quantitative estimate of drug-likeness (QED) is 0.716. The van der Waals surface area contributed by atoms with E-state index in [1.54, 1.807) is 6.07 Å². The zero-order chi connectivity index (χ0) is 17.5. The number of hydrogen-bond acceptors (Lipinski definition) is 2. The van der Waals surface area contributed by atoms with Crippen LogP contribution in [0, 0.1) is 11.8 Å². The van der Waals surface area contributed by atoms with Crippen LogP contribution in [0.25, 0.3) is 0 Å². The van der Waals surface area contributed by atoms with Gasteiger partial charge in [-0.1, -0.05) is 38.0 Å². The number of rotatable bonds is 9. The zero-order valence-electron chi connectivity index (χ0n) is 13.3. The number of carboxylic acids is 1. The van der Waals surface area contributed by atoms with Crippen LogP contribution in [0.3, 0.4) is 0 Å². The van der Waals surface area contributed by atoms with Gasteiger partial charge in [0.15, 0.2) is 0 Å². The number of nitrogens with two attached hydrogens (primary N) is 1. The summed E-state index contributed by atoms with van der Waals surface area (Å²) in [4.78, 5) is 11.0. The van der Waals surface area contributed by atoms with Crippen molar-refractivity contribution in [3.8, 4) is 0 Å². The van der Waals surface area contributed by atoms with Crippen molar-refractivity contribution in [2.24, 2.45) is 17.6 Å². The maximum Gasteiger partial charge on any atom is 0.416 e. The van der Waals surface area contributed by atoms with Gasteiger partial charge in [-0.2, -0.15) is 13.2 Å². The number of benzene rings is 1. The molecule has 0 aliphatic carbocycles. The summed E-state index contributed by atoms with van der Waals surface area (Å²) < 4.78 is 38.0. The fourth-order valence-corrected chi connectivity index (χ4v) is 2.69. The Morgan fingerprint density at radius 3 is 2.57 bits per heavy atom. The highest BCUT2D eigenvalue weighted by molar-refractivity contribution is 5.70. The van der Waals surface area contributed by atoms with Gasteiger partial charge in [0.05, 0.1) is 11.5 Å². The van der Waals surface area contributed by atoms with Crippen LogP contribution in [0.15, 0.2) is 24.3 Å². The Morgan fingerprint density at radius 2 is 2.04 bits per heavy atom. The van der Waals surface area contributed by atoms with Crippen LogP contribution in [-0.4, -0.2) is 17.6 Å². The average molecular weight is 331 g/mol. The average Bonchev–Trinajstić information content (AvgIpc) is 2.49. The molecule has 0 spiro atoms. The molecule has 130 valence electrons. The third-order valence-electron chi connectivity index (χ3n) is 4.16. The lowest BCUT2D eigenvalue weighted by Crippen LogP contribution is -2.25. The number of hydrogen-bond donors (Lipinski definition) is 2. The van der Waals surface area contributed by atoms with Crippen molar-refractivity contribution in [2.75, 3.05) is 6.54 Å². The second kappa shape index (κ2) is 8.91. The van der Waals surface area contributed by atoms with E-state index in [0.29, 0.717) is 18.4 Å². The molecule has 0 heterocycles. The van der Waals surface area contributed by atoms with Gasteiger partial charge in [0.2, 0.25) is 0 Å². The summed E-state index contributed by atoms with van der Waals surface area (Å²) in [6.45, 7) is 2.10. The van der Waals surface area contributed by atoms with Crippen molar-refractivity contribution in [1.82, 2.24) is 0 Å². The van der Waals surface area contributed by atoms with Crippen molar-refractivity contribution in [1.29, 1.82) is 0 Å². The predicted octanol–water partition coefficient (Wildman–Crippen LogP) is 4.10.